The van der Waals surface area contributed by atoms with E-state index in [4.69, 9.17) is 4.74 Å². The zero-order valence-electron chi connectivity index (χ0n) is 14.4. The molecular weight excluding hydrogens is 308 g/mol. The van der Waals surface area contributed by atoms with Gasteiger partial charge in [0.05, 0.1) is 0 Å². The van der Waals surface area contributed by atoms with Gasteiger partial charge in [0.2, 0.25) is 0 Å². The van der Waals surface area contributed by atoms with Crippen LogP contribution in [0.5, 0.6) is 5.75 Å². The molecule has 128 valence electrons. The fraction of sp³-hybridized carbons (Fsp3) is 0.318. The molecule has 2 aromatic carbocycles. The van der Waals surface area contributed by atoms with Crippen LogP contribution in [0.4, 0.5) is 0 Å². The SMILES string of the molecule is c1ccc(CCc2cc(OC3CCNCC3)c3ncccc3c2)cc1. The van der Waals surface area contributed by atoms with Crippen molar-refractivity contribution in [2.75, 3.05) is 13.1 Å². The number of hydrogen-bond donors (Lipinski definition) is 1. The Labute approximate surface area is 149 Å². The molecule has 25 heavy (non-hydrogen) atoms. The summed E-state index contributed by atoms with van der Waals surface area (Å²) in [6.45, 7) is 2.06. The first-order valence-corrected chi connectivity index (χ1v) is 9.17. The van der Waals surface area contributed by atoms with E-state index in [-0.39, 0.29) is 6.10 Å². The number of benzene rings is 2. The summed E-state index contributed by atoms with van der Waals surface area (Å²) in [5, 5.41) is 4.56. The Balaban J connectivity index is 1.58. The summed E-state index contributed by atoms with van der Waals surface area (Å²) >= 11 is 0. The van der Waals surface area contributed by atoms with Gasteiger partial charge in [-0.3, -0.25) is 4.98 Å². The van der Waals surface area contributed by atoms with Crippen LogP contribution in [0.2, 0.25) is 0 Å². The summed E-state index contributed by atoms with van der Waals surface area (Å²) in [6.07, 6.45) is 6.30. The van der Waals surface area contributed by atoms with Crippen LogP contribution < -0.4 is 10.1 Å². The van der Waals surface area contributed by atoms with Crippen molar-refractivity contribution in [3.05, 3.63) is 71.9 Å². The second kappa shape index (κ2) is 7.66. The van der Waals surface area contributed by atoms with Gasteiger partial charge in [0.25, 0.3) is 0 Å². The van der Waals surface area contributed by atoms with Crippen LogP contribution in [0, 0.1) is 0 Å². The third-order valence-electron chi connectivity index (χ3n) is 4.85. The number of nitrogens with one attached hydrogen (secondary N) is 1. The van der Waals surface area contributed by atoms with Gasteiger partial charge in [-0.05, 0) is 68.1 Å². The number of hydrogen-bond acceptors (Lipinski definition) is 3. The van der Waals surface area contributed by atoms with E-state index in [0.29, 0.717) is 0 Å². The highest BCUT2D eigenvalue weighted by atomic mass is 16.5. The molecule has 1 saturated heterocycles. The lowest BCUT2D eigenvalue weighted by Gasteiger charge is -2.24. The molecule has 0 radical (unpaired) electrons. The van der Waals surface area contributed by atoms with Gasteiger partial charge in [-0.1, -0.05) is 36.4 Å². The van der Waals surface area contributed by atoms with Gasteiger partial charge < -0.3 is 10.1 Å². The van der Waals surface area contributed by atoms with Gasteiger partial charge in [0.15, 0.2) is 0 Å². The lowest BCUT2D eigenvalue weighted by molar-refractivity contribution is 0.164. The number of aryl methyl sites for hydroxylation is 2. The van der Waals surface area contributed by atoms with E-state index < -0.39 is 0 Å². The topological polar surface area (TPSA) is 34.1 Å². The molecule has 4 rings (SSSR count). The zero-order valence-corrected chi connectivity index (χ0v) is 14.4. The summed E-state index contributed by atoms with van der Waals surface area (Å²) in [5.74, 6) is 0.938. The Bertz CT molecular complexity index is 826. The van der Waals surface area contributed by atoms with Crippen LogP contribution in [-0.2, 0) is 12.8 Å². The molecule has 1 aromatic heterocycles. The fourth-order valence-corrected chi connectivity index (χ4v) is 3.48. The van der Waals surface area contributed by atoms with Crippen molar-refractivity contribution >= 4 is 10.9 Å². The number of piperidine rings is 1. The van der Waals surface area contributed by atoms with E-state index in [1.165, 1.54) is 11.1 Å². The Morgan fingerprint density at radius 3 is 2.56 bits per heavy atom. The van der Waals surface area contributed by atoms with Crippen LogP contribution >= 0.6 is 0 Å². The lowest BCUT2D eigenvalue weighted by Crippen LogP contribution is -2.34. The van der Waals surface area contributed by atoms with E-state index >= 15 is 0 Å². The molecule has 2 heterocycles. The maximum Gasteiger partial charge on any atom is 0.146 e. The predicted octanol–water partition coefficient (Wildman–Crippen LogP) is 4.15. The lowest BCUT2D eigenvalue weighted by atomic mass is 10.0. The normalized spacial score (nSPS) is 15.4. The van der Waals surface area contributed by atoms with Gasteiger partial charge in [0.1, 0.15) is 17.4 Å². The number of ether oxygens (including phenoxy) is 1. The first-order valence-electron chi connectivity index (χ1n) is 9.17. The Kier molecular flexibility index (Phi) is 4.93. The second-order valence-electron chi connectivity index (χ2n) is 6.72. The van der Waals surface area contributed by atoms with Crippen LogP contribution in [0.15, 0.2) is 60.8 Å². The molecule has 0 spiro atoms. The monoisotopic (exact) mass is 332 g/mol. The van der Waals surface area contributed by atoms with Crippen LogP contribution in [0.3, 0.4) is 0 Å². The van der Waals surface area contributed by atoms with Gasteiger partial charge >= 0.3 is 0 Å². The Morgan fingerprint density at radius 1 is 0.920 bits per heavy atom. The molecule has 3 heteroatoms. The average molecular weight is 332 g/mol. The van der Waals surface area contributed by atoms with Crippen molar-refractivity contribution in [1.82, 2.24) is 10.3 Å². The van der Waals surface area contributed by atoms with E-state index in [1.807, 2.05) is 12.3 Å². The minimum Gasteiger partial charge on any atom is -0.488 e. The van der Waals surface area contributed by atoms with Crippen molar-refractivity contribution in [2.24, 2.45) is 0 Å². The van der Waals surface area contributed by atoms with E-state index in [1.54, 1.807) is 0 Å². The Hall–Kier alpha value is -2.39. The largest absolute Gasteiger partial charge is 0.488 e. The maximum atomic E-state index is 6.36. The maximum absolute atomic E-state index is 6.36. The quantitative estimate of drug-likeness (QED) is 0.762. The van der Waals surface area contributed by atoms with Crippen molar-refractivity contribution in [3.63, 3.8) is 0 Å². The smallest absolute Gasteiger partial charge is 0.146 e. The fourth-order valence-electron chi connectivity index (χ4n) is 3.48. The molecule has 0 bridgehead atoms. The van der Waals surface area contributed by atoms with Gasteiger partial charge in [0, 0.05) is 11.6 Å². The minimum absolute atomic E-state index is 0.288. The van der Waals surface area contributed by atoms with Gasteiger partial charge in [-0.15, -0.1) is 0 Å². The van der Waals surface area contributed by atoms with Crippen molar-refractivity contribution in [3.8, 4) is 5.75 Å². The first-order chi connectivity index (χ1) is 12.4. The van der Waals surface area contributed by atoms with E-state index in [9.17, 15) is 0 Å². The highest BCUT2D eigenvalue weighted by molar-refractivity contribution is 5.85. The van der Waals surface area contributed by atoms with Crippen LogP contribution in [-0.4, -0.2) is 24.2 Å². The van der Waals surface area contributed by atoms with Crippen LogP contribution in [0.25, 0.3) is 10.9 Å². The molecular formula is C22H24N2O. The zero-order chi connectivity index (χ0) is 16.9. The molecule has 3 aromatic rings. The number of nitrogens with zero attached hydrogens (tertiary/aromatic N) is 1. The highest BCUT2D eigenvalue weighted by Gasteiger charge is 2.16. The minimum atomic E-state index is 0.288. The molecule has 0 aliphatic carbocycles. The van der Waals surface area contributed by atoms with Gasteiger partial charge in [-0.2, -0.15) is 0 Å². The Morgan fingerprint density at radius 2 is 1.72 bits per heavy atom. The van der Waals surface area contributed by atoms with Crippen molar-refractivity contribution < 1.29 is 4.74 Å². The molecule has 3 nitrogen and oxygen atoms in total. The summed E-state index contributed by atoms with van der Waals surface area (Å²) in [5.41, 5.74) is 3.66. The molecule has 1 aliphatic rings. The number of fused-ring (bicyclic) bond motifs is 1. The number of aromatic nitrogens is 1. The highest BCUT2D eigenvalue weighted by Crippen LogP contribution is 2.28. The molecule has 1 aliphatic heterocycles. The average Bonchev–Trinajstić information content (AvgIpc) is 2.68. The summed E-state index contributed by atoms with van der Waals surface area (Å²) < 4.78 is 6.36. The summed E-state index contributed by atoms with van der Waals surface area (Å²) in [7, 11) is 0. The molecule has 0 unspecified atom stereocenters. The first kappa shape index (κ1) is 16.1. The summed E-state index contributed by atoms with van der Waals surface area (Å²) in [6, 6.07) is 19.2. The van der Waals surface area contributed by atoms with Crippen LogP contribution in [0.1, 0.15) is 24.0 Å². The third-order valence-corrected chi connectivity index (χ3v) is 4.85. The second-order valence-corrected chi connectivity index (χ2v) is 6.72. The van der Waals surface area contributed by atoms with Crippen molar-refractivity contribution in [1.29, 1.82) is 0 Å². The number of rotatable bonds is 5. The molecule has 1 N–H and O–H groups in total. The number of pyridine rings is 1. The predicted molar refractivity (Wildman–Crippen MR) is 102 cm³/mol. The standard InChI is InChI=1S/C22H24N2O/c1-2-5-17(6-3-1)8-9-18-15-19-7-4-12-24-22(19)21(16-18)25-20-10-13-23-14-11-20/h1-7,12,15-16,20,23H,8-11,13-14H2. The molecule has 0 amide bonds. The van der Waals surface area contributed by atoms with Gasteiger partial charge in [-0.25, -0.2) is 0 Å². The third kappa shape index (κ3) is 3.99. The summed E-state index contributed by atoms with van der Waals surface area (Å²) in [4.78, 5) is 4.57. The molecule has 0 atom stereocenters. The molecule has 1 fully saturated rings. The van der Waals surface area contributed by atoms with Crippen molar-refractivity contribution in [2.45, 2.75) is 31.8 Å². The molecule has 0 saturated carbocycles. The van der Waals surface area contributed by atoms with E-state index in [0.717, 1.165) is 55.4 Å². The van der Waals surface area contributed by atoms with E-state index in [2.05, 4.69) is 58.8 Å².